The first-order valence-electron chi connectivity index (χ1n) is 5.91. The molecule has 17 heavy (non-hydrogen) atoms. The molecule has 1 saturated heterocycles. The molecule has 1 aliphatic rings. The average molecular weight is 236 g/mol. The molecular formula is C13H20N2O2. The molecule has 0 aliphatic carbocycles. The summed E-state index contributed by atoms with van der Waals surface area (Å²) < 4.78 is 10.5. The van der Waals surface area contributed by atoms with Gasteiger partial charge >= 0.3 is 0 Å². The van der Waals surface area contributed by atoms with Crippen molar-refractivity contribution < 1.29 is 9.47 Å². The summed E-state index contributed by atoms with van der Waals surface area (Å²) in [6.45, 7) is 2.98. The van der Waals surface area contributed by atoms with Crippen molar-refractivity contribution in [2.45, 2.75) is 19.0 Å². The van der Waals surface area contributed by atoms with Crippen molar-refractivity contribution in [1.82, 2.24) is 4.90 Å². The first kappa shape index (κ1) is 12.2. The standard InChI is InChI=1S/C13H20N2O2/c1-16-12-4-3-10(7-13(12)17-2)8-15-6-5-11(14)9-15/h3-4,7,11H,5-6,8-9,14H2,1-2H3. The van der Waals surface area contributed by atoms with Crippen LogP contribution in [0, 0.1) is 0 Å². The number of rotatable bonds is 4. The van der Waals surface area contributed by atoms with Crippen LogP contribution in [0.4, 0.5) is 0 Å². The van der Waals surface area contributed by atoms with E-state index in [-0.39, 0.29) is 0 Å². The third-order valence-corrected chi connectivity index (χ3v) is 3.16. The molecule has 1 atom stereocenters. The lowest BCUT2D eigenvalue weighted by molar-refractivity contribution is 0.323. The summed E-state index contributed by atoms with van der Waals surface area (Å²) in [5, 5.41) is 0. The van der Waals surface area contributed by atoms with Crippen molar-refractivity contribution in [3.63, 3.8) is 0 Å². The normalized spacial score (nSPS) is 20.5. The van der Waals surface area contributed by atoms with E-state index >= 15 is 0 Å². The topological polar surface area (TPSA) is 47.7 Å². The Bertz CT molecular complexity index is 382. The highest BCUT2D eigenvalue weighted by Crippen LogP contribution is 2.28. The van der Waals surface area contributed by atoms with Gasteiger partial charge in [0.05, 0.1) is 14.2 Å². The largest absolute Gasteiger partial charge is 0.493 e. The maximum absolute atomic E-state index is 5.89. The van der Waals surface area contributed by atoms with E-state index in [9.17, 15) is 0 Å². The zero-order valence-corrected chi connectivity index (χ0v) is 10.5. The molecule has 1 aromatic rings. The predicted octanol–water partition coefficient (Wildman–Crippen LogP) is 1.24. The van der Waals surface area contributed by atoms with E-state index in [0.717, 1.165) is 37.6 Å². The number of hydrogen-bond acceptors (Lipinski definition) is 4. The Hall–Kier alpha value is -1.26. The summed E-state index contributed by atoms with van der Waals surface area (Å²) in [5.74, 6) is 1.56. The average Bonchev–Trinajstić information content (AvgIpc) is 2.74. The molecule has 94 valence electrons. The van der Waals surface area contributed by atoms with Crippen molar-refractivity contribution >= 4 is 0 Å². The number of ether oxygens (including phenoxy) is 2. The van der Waals surface area contributed by atoms with Crippen LogP contribution in [0.3, 0.4) is 0 Å². The van der Waals surface area contributed by atoms with Crippen LogP contribution >= 0.6 is 0 Å². The predicted molar refractivity (Wildman–Crippen MR) is 67.4 cm³/mol. The highest BCUT2D eigenvalue weighted by Gasteiger charge is 2.19. The summed E-state index contributed by atoms with van der Waals surface area (Å²) in [4.78, 5) is 2.37. The van der Waals surface area contributed by atoms with E-state index in [1.165, 1.54) is 5.56 Å². The SMILES string of the molecule is COc1ccc(CN2CCC(N)C2)cc1OC. The first-order chi connectivity index (χ1) is 8.22. The Kier molecular flexibility index (Phi) is 3.86. The minimum atomic E-state index is 0.329. The van der Waals surface area contributed by atoms with E-state index in [1.54, 1.807) is 14.2 Å². The lowest BCUT2D eigenvalue weighted by Gasteiger charge is -2.16. The highest BCUT2D eigenvalue weighted by atomic mass is 16.5. The Morgan fingerprint density at radius 1 is 1.29 bits per heavy atom. The molecule has 4 heteroatoms. The van der Waals surface area contributed by atoms with Crippen LogP contribution < -0.4 is 15.2 Å². The molecule has 0 amide bonds. The molecule has 2 N–H and O–H groups in total. The fraction of sp³-hybridized carbons (Fsp3) is 0.538. The summed E-state index contributed by atoms with van der Waals surface area (Å²) in [5.41, 5.74) is 7.13. The fourth-order valence-corrected chi connectivity index (χ4v) is 2.24. The van der Waals surface area contributed by atoms with Crippen molar-refractivity contribution in [1.29, 1.82) is 0 Å². The Morgan fingerprint density at radius 3 is 2.65 bits per heavy atom. The van der Waals surface area contributed by atoms with Gasteiger partial charge in [-0.15, -0.1) is 0 Å². The lowest BCUT2D eigenvalue weighted by atomic mass is 10.2. The molecular weight excluding hydrogens is 216 g/mol. The maximum atomic E-state index is 5.89. The molecule has 2 rings (SSSR count). The Labute approximate surface area is 102 Å². The molecule has 1 unspecified atom stereocenters. The van der Waals surface area contributed by atoms with Crippen molar-refractivity contribution in [3.05, 3.63) is 23.8 Å². The van der Waals surface area contributed by atoms with Gasteiger partial charge in [0, 0.05) is 25.7 Å². The first-order valence-corrected chi connectivity index (χ1v) is 5.91. The quantitative estimate of drug-likeness (QED) is 0.854. The second-order valence-electron chi connectivity index (χ2n) is 4.47. The van der Waals surface area contributed by atoms with Gasteiger partial charge in [-0.05, 0) is 24.1 Å². The summed E-state index contributed by atoms with van der Waals surface area (Å²) >= 11 is 0. The van der Waals surface area contributed by atoms with Crippen LogP contribution in [0.2, 0.25) is 0 Å². The molecule has 0 spiro atoms. The fourth-order valence-electron chi connectivity index (χ4n) is 2.24. The highest BCUT2D eigenvalue weighted by molar-refractivity contribution is 5.42. The minimum Gasteiger partial charge on any atom is -0.493 e. The van der Waals surface area contributed by atoms with Gasteiger partial charge in [0.2, 0.25) is 0 Å². The van der Waals surface area contributed by atoms with Crippen LogP contribution in [-0.2, 0) is 6.54 Å². The zero-order valence-electron chi connectivity index (χ0n) is 10.5. The van der Waals surface area contributed by atoms with Crippen LogP contribution in [0.1, 0.15) is 12.0 Å². The summed E-state index contributed by atoms with van der Waals surface area (Å²) in [6, 6.07) is 6.38. The maximum Gasteiger partial charge on any atom is 0.161 e. The van der Waals surface area contributed by atoms with Gasteiger partial charge in [-0.3, -0.25) is 4.90 Å². The summed E-state index contributed by atoms with van der Waals surface area (Å²) in [6.07, 6.45) is 1.09. The van der Waals surface area contributed by atoms with Crippen LogP contribution in [0.25, 0.3) is 0 Å². The lowest BCUT2D eigenvalue weighted by Crippen LogP contribution is -2.26. The minimum absolute atomic E-state index is 0.329. The molecule has 4 nitrogen and oxygen atoms in total. The van der Waals surface area contributed by atoms with Gasteiger partial charge in [-0.1, -0.05) is 6.07 Å². The monoisotopic (exact) mass is 236 g/mol. The molecule has 0 bridgehead atoms. The molecule has 0 saturated carbocycles. The van der Waals surface area contributed by atoms with Gasteiger partial charge < -0.3 is 15.2 Å². The number of nitrogens with zero attached hydrogens (tertiary/aromatic N) is 1. The third kappa shape index (κ3) is 2.90. The molecule has 1 heterocycles. The van der Waals surface area contributed by atoms with Gasteiger partial charge in [-0.25, -0.2) is 0 Å². The van der Waals surface area contributed by atoms with E-state index in [4.69, 9.17) is 15.2 Å². The van der Waals surface area contributed by atoms with E-state index in [0.29, 0.717) is 6.04 Å². The van der Waals surface area contributed by atoms with Gasteiger partial charge in [-0.2, -0.15) is 0 Å². The number of likely N-dealkylation sites (tertiary alicyclic amines) is 1. The summed E-state index contributed by atoms with van der Waals surface area (Å²) in [7, 11) is 3.31. The Morgan fingerprint density at radius 2 is 2.06 bits per heavy atom. The number of hydrogen-bond donors (Lipinski definition) is 1. The van der Waals surface area contributed by atoms with E-state index in [1.807, 2.05) is 12.1 Å². The van der Waals surface area contributed by atoms with E-state index < -0.39 is 0 Å². The zero-order chi connectivity index (χ0) is 12.3. The van der Waals surface area contributed by atoms with Crippen LogP contribution in [-0.4, -0.2) is 38.3 Å². The van der Waals surface area contributed by atoms with Gasteiger partial charge in [0.15, 0.2) is 11.5 Å². The van der Waals surface area contributed by atoms with Crippen LogP contribution in [0.15, 0.2) is 18.2 Å². The Balaban J connectivity index is 2.06. The van der Waals surface area contributed by atoms with Crippen LogP contribution in [0.5, 0.6) is 11.5 Å². The van der Waals surface area contributed by atoms with Gasteiger partial charge in [0.25, 0.3) is 0 Å². The smallest absolute Gasteiger partial charge is 0.161 e. The molecule has 0 radical (unpaired) electrons. The number of benzene rings is 1. The third-order valence-electron chi connectivity index (χ3n) is 3.16. The molecule has 1 aromatic carbocycles. The number of methoxy groups -OCH3 is 2. The molecule has 0 aromatic heterocycles. The van der Waals surface area contributed by atoms with Crippen molar-refractivity contribution in [2.75, 3.05) is 27.3 Å². The molecule has 1 aliphatic heterocycles. The van der Waals surface area contributed by atoms with Crippen molar-refractivity contribution in [3.8, 4) is 11.5 Å². The van der Waals surface area contributed by atoms with Crippen molar-refractivity contribution in [2.24, 2.45) is 5.73 Å². The number of nitrogens with two attached hydrogens (primary N) is 1. The second-order valence-corrected chi connectivity index (χ2v) is 4.47. The van der Waals surface area contributed by atoms with Gasteiger partial charge in [0.1, 0.15) is 0 Å². The molecule has 1 fully saturated rings. The van der Waals surface area contributed by atoms with E-state index in [2.05, 4.69) is 11.0 Å². The second kappa shape index (κ2) is 5.38.